The van der Waals surface area contributed by atoms with Gasteiger partial charge in [-0.3, -0.25) is 9.67 Å². The lowest BCUT2D eigenvalue weighted by Crippen LogP contribution is -2.36. The molecule has 9 heteroatoms. The standard InChI is InChI=1S/C21H20ClN7S/c22-17-5-13-7-25-29(16-8-24-27(11-16)14-1-2-14)18(13)6-19(17)26-10-15-3-4-20(26)28(15)21-9-23-12-30-21/h5-9,11-12,14-15,20H,1-4,10H2. The number of thiazole rings is 1. The molecular formula is C21H20ClN7S. The van der Waals surface area contributed by atoms with Crippen molar-refractivity contribution in [2.45, 2.75) is 43.9 Å². The van der Waals surface area contributed by atoms with E-state index < -0.39 is 0 Å². The molecule has 0 N–H and O–H groups in total. The van der Waals surface area contributed by atoms with Gasteiger partial charge < -0.3 is 9.80 Å². The molecule has 2 aliphatic heterocycles. The molecule has 3 aromatic heterocycles. The monoisotopic (exact) mass is 437 g/mol. The molecule has 2 bridgehead atoms. The first-order valence-corrected chi connectivity index (χ1v) is 11.7. The molecule has 1 aromatic carbocycles. The molecule has 7 nitrogen and oxygen atoms in total. The first-order valence-electron chi connectivity index (χ1n) is 10.4. The number of halogens is 1. The Kier molecular flexibility index (Phi) is 3.55. The number of rotatable bonds is 4. The van der Waals surface area contributed by atoms with Gasteiger partial charge in [-0.2, -0.15) is 10.2 Å². The Morgan fingerprint density at radius 1 is 1.00 bits per heavy atom. The van der Waals surface area contributed by atoms with E-state index in [1.165, 1.54) is 24.3 Å². The highest BCUT2D eigenvalue weighted by atomic mass is 35.5. The van der Waals surface area contributed by atoms with Crippen LogP contribution in [-0.2, 0) is 0 Å². The number of fused-ring (bicyclic) bond motifs is 3. The fraction of sp³-hybridized carbons (Fsp3) is 0.381. The van der Waals surface area contributed by atoms with Gasteiger partial charge in [-0.05, 0) is 37.8 Å². The molecule has 0 amide bonds. The van der Waals surface area contributed by atoms with E-state index in [9.17, 15) is 0 Å². The van der Waals surface area contributed by atoms with Gasteiger partial charge in [0.15, 0.2) is 0 Å². The quantitative estimate of drug-likeness (QED) is 0.471. The Morgan fingerprint density at radius 3 is 2.73 bits per heavy atom. The van der Waals surface area contributed by atoms with Crippen molar-refractivity contribution < 1.29 is 0 Å². The maximum absolute atomic E-state index is 6.78. The highest BCUT2D eigenvalue weighted by Crippen LogP contribution is 2.44. The van der Waals surface area contributed by atoms with Gasteiger partial charge >= 0.3 is 0 Å². The van der Waals surface area contributed by atoms with E-state index in [1.54, 1.807) is 11.3 Å². The molecule has 0 radical (unpaired) electrons. The van der Waals surface area contributed by atoms with Gasteiger partial charge in [0.05, 0.1) is 52.6 Å². The number of benzene rings is 1. The van der Waals surface area contributed by atoms with E-state index in [-0.39, 0.29) is 0 Å². The Balaban J connectivity index is 1.29. The second-order valence-electron chi connectivity index (χ2n) is 8.44. The van der Waals surface area contributed by atoms with E-state index in [0.29, 0.717) is 18.2 Å². The minimum atomic E-state index is 0.333. The van der Waals surface area contributed by atoms with E-state index in [1.807, 2.05) is 34.8 Å². The second kappa shape index (κ2) is 6.21. The van der Waals surface area contributed by atoms with Gasteiger partial charge in [-0.15, -0.1) is 11.3 Å². The van der Waals surface area contributed by atoms with Gasteiger partial charge in [0, 0.05) is 18.0 Å². The molecule has 3 aliphatic rings. The number of hydrogen-bond acceptors (Lipinski definition) is 6. The normalized spacial score (nSPS) is 23.2. The van der Waals surface area contributed by atoms with E-state index in [4.69, 9.17) is 11.6 Å². The van der Waals surface area contributed by atoms with Gasteiger partial charge in [0.1, 0.15) is 16.9 Å². The topological polar surface area (TPSA) is 55.0 Å². The van der Waals surface area contributed by atoms with Crippen LogP contribution in [0.1, 0.15) is 31.7 Å². The zero-order valence-corrected chi connectivity index (χ0v) is 17.8. The Labute approximate surface area is 182 Å². The van der Waals surface area contributed by atoms with Crippen LogP contribution in [0.2, 0.25) is 5.02 Å². The summed E-state index contributed by atoms with van der Waals surface area (Å²) >= 11 is 8.49. The maximum atomic E-state index is 6.78. The van der Waals surface area contributed by atoms with Crippen LogP contribution in [0.25, 0.3) is 16.6 Å². The zero-order valence-electron chi connectivity index (χ0n) is 16.2. The highest BCUT2D eigenvalue weighted by molar-refractivity contribution is 7.13. The molecule has 7 rings (SSSR count). The predicted octanol–water partition coefficient (Wildman–Crippen LogP) is 4.48. The zero-order chi connectivity index (χ0) is 19.8. The van der Waals surface area contributed by atoms with Crippen LogP contribution in [0, 0.1) is 0 Å². The number of aromatic nitrogens is 5. The van der Waals surface area contributed by atoms with Crippen molar-refractivity contribution in [2.75, 3.05) is 16.3 Å². The summed E-state index contributed by atoms with van der Waals surface area (Å²) in [6.07, 6.45) is 13.0. The summed E-state index contributed by atoms with van der Waals surface area (Å²) in [6, 6.07) is 5.32. The molecule has 4 aromatic rings. The average molecular weight is 438 g/mol. The number of hydrogen-bond donors (Lipinski definition) is 0. The summed E-state index contributed by atoms with van der Waals surface area (Å²) in [6.45, 7) is 0.988. The smallest absolute Gasteiger partial charge is 0.113 e. The van der Waals surface area contributed by atoms with E-state index in [0.717, 1.165) is 40.3 Å². The van der Waals surface area contributed by atoms with Crippen molar-refractivity contribution in [3.63, 3.8) is 0 Å². The van der Waals surface area contributed by atoms with Crippen molar-refractivity contribution in [1.29, 1.82) is 0 Å². The summed E-state index contributed by atoms with van der Waals surface area (Å²) < 4.78 is 4.04. The number of anilines is 2. The Morgan fingerprint density at radius 2 is 1.90 bits per heavy atom. The van der Waals surface area contributed by atoms with Crippen molar-refractivity contribution >= 4 is 44.5 Å². The molecular weight excluding hydrogens is 418 g/mol. The summed E-state index contributed by atoms with van der Waals surface area (Å²) in [5.41, 5.74) is 5.06. The first kappa shape index (κ1) is 17.1. The van der Waals surface area contributed by atoms with E-state index in [2.05, 4.69) is 41.9 Å². The van der Waals surface area contributed by atoms with Crippen LogP contribution in [-0.4, -0.2) is 43.3 Å². The highest BCUT2D eigenvalue weighted by Gasteiger charge is 2.46. The van der Waals surface area contributed by atoms with Crippen LogP contribution in [0.5, 0.6) is 0 Å². The Hall–Kier alpha value is -2.58. The summed E-state index contributed by atoms with van der Waals surface area (Å²) in [4.78, 5) is 9.27. The third-order valence-electron chi connectivity index (χ3n) is 6.61. The third-order valence-corrected chi connectivity index (χ3v) is 7.70. The SMILES string of the molecule is Clc1cc2cnn(-c3cnn(C4CC4)c3)c2cc1N1CC2CCC1N2c1cncs1. The molecule has 1 aliphatic carbocycles. The molecule has 3 fully saturated rings. The third kappa shape index (κ3) is 2.46. The van der Waals surface area contributed by atoms with Crippen LogP contribution >= 0.6 is 22.9 Å². The minimum absolute atomic E-state index is 0.333. The van der Waals surface area contributed by atoms with Crippen LogP contribution in [0.3, 0.4) is 0 Å². The van der Waals surface area contributed by atoms with Crippen molar-refractivity contribution in [2.24, 2.45) is 0 Å². The molecule has 1 saturated carbocycles. The van der Waals surface area contributed by atoms with Crippen LogP contribution in [0.4, 0.5) is 10.7 Å². The number of piperidine rings is 1. The average Bonchev–Trinajstić information content (AvgIpc) is 3.26. The summed E-state index contributed by atoms with van der Waals surface area (Å²) in [5.74, 6) is 0. The lowest BCUT2D eigenvalue weighted by molar-refractivity contribution is 0.609. The number of nitrogens with zero attached hydrogens (tertiary/aromatic N) is 7. The molecule has 2 unspecified atom stereocenters. The van der Waals surface area contributed by atoms with Gasteiger partial charge in [0.2, 0.25) is 0 Å². The van der Waals surface area contributed by atoms with Crippen LogP contribution < -0.4 is 9.80 Å². The molecule has 2 atom stereocenters. The van der Waals surface area contributed by atoms with E-state index >= 15 is 0 Å². The van der Waals surface area contributed by atoms with Gasteiger partial charge in [0.25, 0.3) is 0 Å². The fourth-order valence-corrected chi connectivity index (χ4v) is 6.08. The van der Waals surface area contributed by atoms with Gasteiger partial charge in [-0.1, -0.05) is 11.6 Å². The summed E-state index contributed by atoms with van der Waals surface area (Å²) in [7, 11) is 0. The molecule has 152 valence electrons. The van der Waals surface area contributed by atoms with Crippen LogP contribution in [0.15, 0.2) is 42.4 Å². The van der Waals surface area contributed by atoms with Crippen molar-refractivity contribution in [3.8, 4) is 5.69 Å². The fourth-order valence-electron chi connectivity index (χ4n) is 5.06. The molecule has 0 spiro atoms. The molecule has 30 heavy (non-hydrogen) atoms. The minimum Gasteiger partial charge on any atom is -0.348 e. The molecule has 2 saturated heterocycles. The maximum Gasteiger partial charge on any atom is 0.113 e. The first-order chi connectivity index (χ1) is 14.8. The summed E-state index contributed by atoms with van der Waals surface area (Å²) in [5, 5.41) is 12.3. The predicted molar refractivity (Wildman–Crippen MR) is 119 cm³/mol. The Bertz CT molecular complexity index is 1240. The second-order valence-corrected chi connectivity index (χ2v) is 9.71. The van der Waals surface area contributed by atoms with Crippen molar-refractivity contribution in [1.82, 2.24) is 24.5 Å². The van der Waals surface area contributed by atoms with Gasteiger partial charge in [-0.25, -0.2) is 4.68 Å². The lowest BCUT2D eigenvalue weighted by Gasteiger charge is -2.30. The largest absolute Gasteiger partial charge is 0.348 e. The molecule has 5 heterocycles. The lowest BCUT2D eigenvalue weighted by atomic mass is 10.1. The van der Waals surface area contributed by atoms with Crippen molar-refractivity contribution in [3.05, 3.63) is 47.5 Å².